The number of halogens is 2. The molecule has 2 aromatic rings. The van der Waals surface area contributed by atoms with Gasteiger partial charge in [0.05, 0.1) is 9.26 Å². The summed E-state index contributed by atoms with van der Waals surface area (Å²) in [7, 11) is 0. The third-order valence-corrected chi connectivity index (χ3v) is 5.55. The van der Waals surface area contributed by atoms with Crippen LogP contribution in [0.25, 0.3) is 11.3 Å². The Balaban J connectivity index is 2.04. The monoisotopic (exact) mass is 398 g/mol. The highest BCUT2D eigenvalue weighted by Crippen LogP contribution is 2.38. The van der Waals surface area contributed by atoms with Crippen LogP contribution in [0.5, 0.6) is 0 Å². The molecule has 3 rings (SSSR count). The summed E-state index contributed by atoms with van der Waals surface area (Å²) >= 11 is 8.56. The van der Waals surface area contributed by atoms with E-state index in [0.717, 1.165) is 26.6 Å². The Morgan fingerprint density at radius 1 is 1.15 bits per heavy atom. The van der Waals surface area contributed by atoms with Gasteiger partial charge in [0.15, 0.2) is 0 Å². The van der Waals surface area contributed by atoms with Crippen LogP contribution in [0.2, 0.25) is 5.15 Å². The van der Waals surface area contributed by atoms with E-state index in [9.17, 15) is 0 Å². The summed E-state index contributed by atoms with van der Waals surface area (Å²) in [5.41, 5.74) is 2.06. The molecule has 1 aliphatic rings. The van der Waals surface area contributed by atoms with Crippen molar-refractivity contribution in [2.24, 2.45) is 5.92 Å². The highest BCUT2D eigenvalue weighted by Gasteiger charge is 2.26. The number of hydrogen-bond donors (Lipinski definition) is 0. The summed E-state index contributed by atoms with van der Waals surface area (Å²) in [4.78, 5) is 9.34. The Hall–Kier alpha value is -0.680. The maximum atomic E-state index is 6.33. The van der Waals surface area contributed by atoms with Crippen molar-refractivity contribution in [3.63, 3.8) is 0 Å². The lowest BCUT2D eigenvalue weighted by molar-refractivity contribution is 0.585. The van der Waals surface area contributed by atoms with Crippen molar-refractivity contribution in [3.8, 4) is 11.3 Å². The van der Waals surface area contributed by atoms with E-state index in [-0.39, 0.29) is 0 Å². The molecule has 1 aliphatic carbocycles. The molecule has 0 amide bonds. The maximum Gasteiger partial charge on any atom is 0.146 e. The van der Waals surface area contributed by atoms with Crippen LogP contribution in [0.15, 0.2) is 30.3 Å². The summed E-state index contributed by atoms with van der Waals surface area (Å²) in [5.74, 6) is 2.14. The van der Waals surface area contributed by atoms with Crippen LogP contribution in [0.1, 0.15) is 37.9 Å². The van der Waals surface area contributed by atoms with Crippen LogP contribution in [-0.4, -0.2) is 9.97 Å². The van der Waals surface area contributed by atoms with Crippen LogP contribution in [-0.2, 0) is 0 Å². The van der Waals surface area contributed by atoms with Gasteiger partial charge in [0.1, 0.15) is 11.0 Å². The molecule has 0 N–H and O–H groups in total. The standard InChI is InChI=1S/C16H16ClIN2/c1-10-7-8-12(9-10)16-19-14(13(18)15(17)20-16)11-5-3-2-4-6-11/h2-6,10,12H,7-9H2,1H3. The highest BCUT2D eigenvalue weighted by atomic mass is 127. The lowest BCUT2D eigenvalue weighted by Crippen LogP contribution is -2.05. The van der Waals surface area contributed by atoms with Crippen molar-refractivity contribution < 1.29 is 0 Å². The summed E-state index contributed by atoms with van der Waals surface area (Å²) < 4.78 is 0.935. The van der Waals surface area contributed by atoms with Crippen molar-refractivity contribution in [3.05, 3.63) is 44.9 Å². The van der Waals surface area contributed by atoms with Crippen molar-refractivity contribution >= 4 is 34.2 Å². The number of hydrogen-bond acceptors (Lipinski definition) is 2. The van der Waals surface area contributed by atoms with E-state index < -0.39 is 0 Å². The van der Waals surface area contributed by atoms with Crippen LogP contribution >= 0.6 is 34.2 Å². The topological polar surface area (TPSA) is 25.8 Å². The Morgan fingerprint density at radius 2 is 1.90 bits per heavy atom. The van der Waals surface area contributed by atoms with Gasteiger partial charge >= 0.3 is 0 Å². The molecule has 1 aromatic heterocycles. The van der Waals surface area contributed by atoms with E-state index >= 15 is 0 Å². The minimum absolute atomic E-state index is 0.460. The second-order valence-corrected chi connectivity index (χ2v) is 6.95. The largest absolute Gasteiger partial charge is 0.231 e. The Labute approximate surface area is 138 Å². The number of rotatable bonds is 2. The molecule has 2 nitrogen and oxygen atoms in total. The van der Waals surface area contributed by atoms with Crippen LogP contribution in [0.3, 0.4) is 0 Å². The fraction of sp³-hybridized carbons (Fsp3) is 0.375. The van der Waals surface area contributed by atoms with Gasteiger partial charge in [-0.3, -0.25) is 0 Å². The first-order chi connectivity index (χ1) is 9.65. The lowest BCUT2D eigenvalue weighted by atomic mass is 10.0. The van der Waals surface area contributed by atoms with Crippen molar-refractivity contribution in [1.82, 2.24) is 9.97 Å². The van der Waals surface area contributed by atoms with Gasteiger partial charge in [0.25, 0.3) is 0 Å². The molecule has 0 saturated heterocycles. The Bertz CT molecular complexity index is 615. The molecule has 0 bridgehead atoms. The molecule has 2 atom stereocenters. The predicted molar refractivity (Wildman–Crippen MR) is 91.0 cm³/mol. The SMILES string of the molecule is CC1CCC(c2nc(Cl)c(I)c(-c3ccccc3)n2)C1. The van der Waals surface area contributed by atoms with Crippen LogP contribution in [0, 0.1) is 9.49 Å². The van der Waals surface area contributed by atoms with Crippen LogP contribution < -0.4 is 0 Å². The van der Waals surface area contributed by atoms with Gasteiger partial charge in [-0.15, -0.1) is 0 Å². The normalized spacial score (nSPS) is 22.1. The zero-order valence-electron chi connectivity index (χ0n) is 11.3. The quantitative estimate of drug-likeness (QED) is 0.506. The summed E-state index contributed by atoms with van der Waals surface area (Å²) in [5, 5.41) is 0.578. The molecule has 1 saturated carbocycles. The average molecular weight is 399 g/mol. The van der Waals surface area contributed by atoms with Crippen LogP contribution in [0.4, 0.5) is 0 Å². The van der Waals surface area contributed by atoms with Gasteiger partial charge in [0.2, 0.25) is 0 Å². The molecule has 2 unspecified atom stereocenters. The Morgan fingerprint density at radius 3 is 2.55 bits per heavy atom. The van der Waals surface area contributed by atoms with Gasteiger partial charge < -0.3 is 0 Å². The molecule has 1 fully saturated rings. The third-order valence-electron chi connectivity index (χ3n) is 3.94. The van der Waals surface area contributed by atoms with E-state index in [2.05, 4.69) is 46.6 Å². The van der Waals surface area contributed by atoms with Gasteiger partial charge in [-0.1, -0.05) is 48.9 Å². The number of aromatic nitrogens is 2. The minimum atomic E-state index is 0.460. The first-order valence-electron chi connectivity index (χ1n) is 6.93. The van der Waals surface area contributed by atoms with Crippen molar-refractivity contribution in [1.29, 1.82) is 0 Å². The molecule has 0 aliphatic heterocycles. The number of benzene rings is 1. The average Bonchev–Trinajstić information content (AvgIpc) is 2.89. The molecular formula is C16H16ClIN2. The maximum absolute atomic E-state index is 6.33. The molecule has 1 heterocycles. The molecule has 1 aromatic carbocycles. The molecule has 0 radical (unpaired) electrons. The second-order valence-electron chi connectivity index (χ2n) is 5.52. The summed E-state index contributed by atoms with van der Waals surface area (Å²) in [6, 6.07) is 10.2. The predicted octanol–water partition coefficient (Wildman–Crippen LogP) is 5.31. The highest BCUT2D eigenvalue weighted by molar-refractivity contribution is 14.1. The molecule has 4 heteroatoms. The van der Waals surface area contributed by atoms with E-state index in [4.69, 9.17) is 16.6 Å². The summed E-state index contributed by atoms with van der Waals surface area (Å²) in [6.45, 7) is 2.30. The Kier molecular flexibility index (Phi) is 4.26. The smallest absolute Gasteiger partial charge is 0.146 e. The van der Waals surface area contributed by atoms with Crippen molar-refractivity contribution in [2.75, 3.05) is 0 Å². The first-order valence-corrected chi connectivity index (χ1v) is 8.39. The molecule has 0 spiro atoms. The van der Waals surface area contributed by atoms with Gasteiger partial charge in [-0.2, -0.15) is 0 Å². The van der Waals surface area contributed by atoms with E-state index in [1.807, 2.05) is 18.2 Å². The molecule has 104 valence electrons. The second kappa shape index (κ2) is 5.98. The van der Waals surface area contributed by atoms with Crippen molar-refractivity contribution in [2.45, 2.75) is 32.1 Å². The minimum Gasteiger partial charge on any atom is -0.231 e. The van der Waals surface area contributed by atoms with E-state index in [1.165, 1.54) is 19.3 Å². The van der Waals surface area contributed by atoms with Gasteiger partial charge in [-0.05, 0) is 47.8 Å². The molecule has 20 heavy (non-hydrogen) atoms. The van der Waals surface area contributed by atoms with Gasteiger partial charge in [-0.25, -0.2) is 9.97 Å². The summed E-state index contributed by atoms with van der Waals surface area (Å²) in [6.07, 6.45) is 3.61. The lowest BCUT2D eigenvalue weighted by Gasteiger charge is -2.12. The zero-order chi connectivity index (χ0) is 14.1. The first kappa shape index (κ1) is 14.3. The third kappa shape index (κ3) is 2.84. The molecular weight excluding hydrogens is 383 g/mol. The fourth-order valence-electron chi connectivity index (χ4n) is 2.85. The zero-order valence-corrected chi connectivity index (χ0v) is 14.2. The fourth-order valence-corrected chi connectivity index (χ4v) is 3.58. The van der Waals surface area contributed by atoms with Gasteiger partial charge in [0, 0.05) is 11.5 Å². The van der Waals surface area contributed by atoms with E-state index in [0.29, 0.717) is 11.1 Å². The number of nitrogens with zero attached hydrogens (tertiary/aromatic N) is 2. The van der Waals surface area contributed by atoms with E-state index in [1.54, 1.807) is 0 Å².